The van der Waals surface area contributed by atoms with Crippen molar-refractivity contribution in [1.82, 2.24) is 9.88 Å². The lowest BCUT2D eigenvalue weighted by atomic mass is 10.1. The third kappa shape index (κ3) is 2.34. The molecule has 6 nitrogen and oxygen atoms in total. The summed E-state index contributed by atoms with van der Waals surface area (Å²) in [6.45, 7) is 3.36. The molecular formula is C19H16N5O+. The molecule has 6 heteroatoms. The van der Waals surface area contributed by atoms with Gasteiger partial charge in [0.1, 0.15) is 5.39 Å². The Labute approximate surface area is 144 Å². The van der Waals surface area contributed by atoms with Crippen LogP contribution in [0, 0.1) is 0 Å². The zero-order valence-corrected chi connectivity index (χ0v) is 13.6. The van der Waals surface area contributed by atoms with Crippen LogP contribution >= 0.6 is 0 Å². The summed E-state index contributed by atoms with van der Waals surface area (Å²) in [4.78, 5) is 19.2. The van der Waals surface area contributed by atoms with Gasteiger partial charge in [-0.1, -0.05) is 36.4 Å². The molecule has 1 aromatic heterocycles. The molecule has 25 heavy (non-hydrogen) atoms. The van der Waals surface area contributed by atoms with Crippen LogP contribution < -0.4 is 4.57 Å². The number of nitrogens with zero attached hydrogens (tertiary/aromatic N) is 5. The Kier molecular flexibility index (Phi) is 3.18. The third-order valence-electron chi connectivity index (χ3n) is 4.80. The molecule has 0 atom stereocenters. The Balaban J connectivity index is 1.56. The molecule has 2 aliphatic rings. The predicted molar refractivity (Wildman–Crippen MR) is 91.3 cm³/mol. The van der Waals surface area contributed by atoms with Crippen molar-refractivity contribution in [3.05, 3.63) is 65.5 Å². The van der Waals surface area contributed by atoms with Gasteiger partial charge in [-0.15, -0.1) is 4.98 Å². The van der Waals surface area contributed by atoms with Gasteiger partial charge in [0.05, 0.1) is 18.7 Å². The average Bonchev–Trinajstić information content (AvgIpc) is 2.65. The van der Waals surface area contributed by atoms with E-state index in [1.807, 2.05) is 18.2 Å². The highest BCUT2D eigenvalue weighted by Gasteiger charge is 2.32. The number of fused-ring (bicyclic) bond motifs is 2. The van der Waals surface area contributed by atoms with E-state index in [4.69, 9.17) is 4.98 Å². The van der Waals surface area contributed by atoms with Crippen LogP contribution in [-0.2, 0) is 19.6 Å². The lowest BCUT2D eigenvalue weighted by molar-refractivity contribution is -0.701. The first-order valence-electron chi connectivity index (χ1n) is 8.37. The molecule has 0 unspecified atom stereocenters. The quantitative estimate of drug-likeness (QED) is 0.679. The van der Waals surface area contributed by atoms with Crippen LogP contribution in [0.1, 0.15) is 21.7 Å². The SMILES string of the molecule is O=C1N=Nc2c3c1cccc3nc1[n+]2CCN(Cc2ccccc2)C1. The Morgan fingerprint density at radius 1 is 1.04 bits per heavy atom. The first kappa shape index (κ1) is 14.4. The van der Waals surface area contributed by atoms with E-state index >= 15 is 0 Å². The van der Waals surface area contributed by atoms with Crippen LogP contribution in [0.5, 0.6) is 0 Å². The number of carbonyl (C=O) groups excluding carboxylic acids is 1. The van der Waals surface area contributed by atoms with E-state index in [1.54, 1.807) is 6.07 Å². The zero-order valence-electron chi connectivity index (χ0n) is 13.6. The van der Waals surface area contributed by atoms with Crippen molar-refractivity contribution in [3.63, 3.8) is 0 Å². The Morgan fingerprint density at radius 3 is 2.80 bits per heavy atom. The number of amides is 1. The van der Waals surface area contributed by atoms with Gasteiger partial charge in [0, 0.05) is 18.2 Å². The summed E-state index contributed by atoms with van der Waals surface area (Å²) in [7, 11) is 0. The fourth-order valence-electron chi connectivity index (χ4n) is 3.61. The summed E-state index contributed by atoms with van der Waals surface area (Å²) in [5, 5.41) is 8.83. The van der Waals surface area contributed by atoms with Gasteiger partial charge < -0.3 is 0 Å². The standard InChI is InChI=1S/C19H16N5O/c25-19-14-7-4-8-15-17(14)18(21-22-19)24-10-9-23(12-16(24)20-15)11-13-5-2-1-3-6-13/h1-8H,9-12H2/q+1. The van der Waals surface area contributed by atoms with Crippen LogP contribution in [0.4, 0.5) is 5.82 Å². The average molecular weight is 330 g/mol. The molecule has 0 spiro atoms. The smallest absolute Gasteiger partial charge is 0.286 e. The highest BCUT2D eigenvalue weighted by atomic mass is 16.1. The fourth-order valence-corrected chi connectivity index (χ4v) is 3.61. The van der Waals surface area contributed by atoms with Crippen molar-refractivity contribution < 1.29 is 9.36 Å². The van der Waals surface area contributed by atoms with Gasteiger partial charge in [-0.3, -0.25) is 9.69 Å². The predicted octanol–water partition coefficient (Wildman–Crippen LogP) is 2.78. The number of hydrogen-bond acceptors (Lipinski definition) is 4. The number of carbonyl (C=O) groups is 1. The summed E-state index contributed by atoms with van der Waals surface area (Å²) < 4.78 is 2.10. The van der Waals surface area contributed by atoms with E-state index in [-0.39, 0.29) is 5.91 Å². The molecule has 0 saturated carbocycles. The van der Waals surface area contributed by atoms with E-state index in [0.717, 1.165) is 48.7 Å². The Hall–Kier alpha value is -2.99. The molecule has 3 heterocycles. The van der Waals surface area contributed by atoms with Crippen LogP contribution in [0.3, 0.4) is 0 Å². The van der Waals surface area contributed by atoms with Gasteiger partial charge in [-0.05, 0) is 22.8 Å². The molecular weight excluding hydrogens is 314 g/mol. The lowest BCUT2D eigenvalue weighted by Gasteiger charge is -2.26. The highest BCUT2D eigenvalue weighted by Crippen LogP contribution is 2.31. The van der Waals surface area contributed by atoms with Gasteiger partial charge in [-0.25, -0.2) is 4.57 Å². The first-order chi connectivity index (χ1) is 12.3. The van der Waals surface area contributed by atoms with Gasteiger partial charge >= 0.3 is 11.7 Å². The van der Waals surface area contributed by atoms with Crippen LogP contribution in [0.2, 0.25) is 0 Å². The largest absolute Gasteiger partial charge is 0.312 e. The Bertz CT molecular complexity index is 1030. The van der Waals surface area contributed by atoms with Crippen LogP contribution in [-0.4, -0.2) is 22.3 Å². The number of rotatable bonds is 2. The molecule has 0 saturated heterocycles. The van der Waals surface area contributed by atoms with Crippen molar-refractivity contribution in [2.75, 3.05) is 6.54 Å². The lowest BCUT2D eigenvalue weighted by Crippen LogP contribution is -2.51. The number of hydrogen-bond donors (Lipinski definition) is 0. The maximum atomic E-state index is 12.0. The molecule has 2 aromatic carbocycles. The second kappa shape index (κ2) is 5.53. The molecule has 0 fully saturated rings. The maximum Gasteiger partial charge on any atom is 0.312 e. The summed E-state index contributed by atoms with van der Waals surface area (Å²) >= 11 is 0. The van der Waals surface area contributed by atoms with Gasteiger partial charge in [0.2, 0.25) is 0 Å². The van der Waals surface area contributed by atoms with E-state index in [2.05, 4.69) is 44.0 Å². The molecule has 0 aliphatic carbocycles. The normalized spacial score (nSPS) is 16.2. The van der Waals surface area contributed by atoms with E-state index < -0.39 is 0 Å². The van der Waals surface area contributed by atoms with Crippen LogP contribution in [0.15, 0.2) is 58.8 Å². The number of azo groups is 1. The minimum Gasteiger partial charge on any atom is -0.286 e. The van der Waals surface area contributed by atoms with Gasteiger partial charge in [-0.2, -0.15) is 0 Å². The van der Waals surface area contributed by atoms with E-state index in [0.29, 0.717) is 5.56 Å². The topological polar surface area (TPSA) is 61.8 Å². The van der Waals surface area contributed by atoms with Crippen LogP contribution in [0.25, 0.3) is 10.9 Å². The fraction of sp³-hybridized carbons (Fsp3) is 0.211. The summed E-state index contributed by atoms with van der Waals surface area (Å²) in [5.74, 6) is 1.44. The summed E-state index contributed by atoms with van der Waals surface area (Å²) in [6, 6.07) is 16.0. The molecule has 1 amide bonds. The second-order valence-electron chi connectivity index (χ2n) is 6.40. The Morgan fingerprint density at radius 2 is 1.92 bits per heavy atom. The minimum absolute atomic E-state index is 0.290. The maximum absolute atomic E-state index is 12.0. The molecule has 3 aromatic rings. The number of aromatic nitrogens is 2. The molecule has 5 rings (SSSR count). The first-order valence-corrected chi connectivity index (χ1v) is 8.37. The monoisotopic (exact) mass is 330 g/mol. The molecule has 0 bridgehead atoms. The van der Waals surface area contributed by atoms with Crippen molar-refractivity contribution in [3.8, 4) is 0 Å². The molecule has 0 N–H and O–H groups in total. The van der Waals surface area contributed by atoms with Crippen molar-refractivity contribution in [2.45, 2.75) is 19.6 Å². The highest BCUT2D eigenvalue weighted by molar-refractivity contribution is 6.10. The molecule has 0 radical (unpaired) electrons. The van der Waals surface area contributed by atoms with Gasteiger partial charge in [0.15, 0.2) is 5.52 Å². The minimum atomic E-state index is -0.290. The summed E-state index contributed by atoms with van der Waals surface area (Å²) in [5.41, 5.74) is 2.70. The second-order valence-corrected chi connectivity index (χ2v) is 6.40. The summed E-state index contributed by atoms with van der Waals surface area (Å²) in [6.07, 6.45) is 0. The van der Waals surface area contributed by atoms with E-state index in [1.165, 1.54) is 5.56 Å². The van der Waals surface area contributed by atoms with Crippen molar-refractivity contribution >= 4 is 22.6 Å². The van der Waals surface area contributed by atoms with E-state index in [9.17, 15) is 4.79 Å². The molecule has 122 valence electrons. The van der Waals surface area contributed by atoms with Crippen molar-refractivity contribution in [1.29, 1.82) is 0 Å². The zero-order chi connectivity index (χ0) is 16.8. The van der Waals surface area contributed by atoms with Crippen molar-refractivity contribution in [2.24, 2.45) is 10.2 Å². The third-order valence-corrected chi connectivity index (χ3v) is 4.80. The molecule has 2 aliphatic heterocycles. The van der Waals surface area contributed by atoms with Gasteiger partial charge in [0.25, 0.3) is 5.82 Å². The number of benzene rings is 2.